The van der Waals surface area contributed by atoms with Gasteiger partial charge in [-0.3, -0.25) is 0 Å². The van der Waals surface area contributed by atoms with Gasteiger partial charge in [0.1, 0.15) is 0 Å². The first-order chi connectivity index (χ1) is 0. The zero-order valence-corrected chi connectivity index (χ0v) is 0. The van der Waals surface area contributed by atoms with Gasteiger partial charge in [-0.05, 0) is 0 Å². The van der Waals surface area contributed by atoms with Crippen molar-refractivity contribution < 1.29 is 5.71 Å². The quantitative estimate of drug-likeness (QED) is 0.430. The second-order valence-electron chi connectivity index (χ2n) is 0. The summed E-state index contributed by atoms with van der Waals surface area (Å²) in [6.07, 6.45) is 0. The van der Waals surface area contributed by atoms with Gasteiger partial charge in [0.15, 0.2) is 0 Å². The van der Waals surface area contributed by atoms with Gasteiger partial charge in [-0.1, -0.05) is 44.6 Å². The van der Waals surface area contributed by atoms with Gasteiger partial charge in [0.25, 0.3) is 0 Å². The molecule has 0 aliphatic heterocycles. The average molecular weight is 128 g/mol. The van der Waals surface area contributed by atoms with Crippen LogP contribution in [0, 0.1) is 0 Å². The molecule has 0 radical (unpaired) electrons. The van der Waals surface area contributed by atoms with E-state index in [-0.39, 0.29) is 79.8 Å². The average Bonchev–Trinajstić information content (AvgIpc) is 0. The van der Waals surface area contributed by atoms with Gasteiger partial charge in [0.2, 0.25) is 0 Å². The second kappa shape index (κ2) is 252. The Kier molecular flexibility index (Phi) is 14100. The zero-order valence-electron chi connectivity index (χ0n) is 0. The maximum absolute atomic E-state index is 0. The molecule has 0 atom stereocenters. The predicted molar refractivity (Wildman–Crippen MR) is 56.0 cm³/mol. The van der Waals surface area contributed by atoms with Crippen molar-refractivity contribution in [1.29, 1.82) is 0 Å². The predicted octanol–water partition coefficient (Wildman–Crippen LogP) is 4.15. The summed E-state index contributed by atoms with van der Waals surface area (Å²) in [6.45, 7) is 0. The van der Waals surface area contributed by atoms with Crippen LogP contribution in [0.4, 0.5) is 0 Å². The summed E-state index contributed by atoms with van der Waals surface area (Å²) in [6, 6.07) is 0. The molecule has 0 saturated heterocycles. The molecule has 0 amide bonds. The van der Waals surface area contributed by atoms with E-state index in [4.69, 9.17) is 0 Å². The number of hydrogen-bond acceptors (Lipinski definition) is 0. The van der Waals surface area contributed by atoms with Gasteiger partial charge in [-0.2, -0.15) is 0 Å². The fraction of sp³-hybridized carbons (Fsp3) is 1.00. The summed E-state index contributed by atoms with van der Waals surface area (Å²) in [5, 5.41) is 0. The van der Waals surface area contributed by atoms with E-state index in [0.29, 0.717) is 0 Å². The molecule has 0 saturated carbocycles. The molecule has 0 unspecified atom stereocenters. The molecule has 0 aliphatic rings. The van der Waals surface area contributed by atoms with E-state index in [2.05, 4.69) is 0 Å². The van der Waals surface area contributed by atoms with Crippen LogP contribution in [0.2, 0.25) is 0 Å². The molecule has 7 heavy (non-hydrogen) atoms. The summed E-state index contributed by atoms with van der Waals surface area (Å²) in [5.74, 6) is 0. The Bertz CT molecular complexity index is 14.5. The van der Waals surface area contributed by atoms with Gasteiger partial charge in [0.05, 0.1) is 0 Å². The van der Waals surface area contributed by atoms with E-state index in [0.717, 1.165) is 0 Å². The van der Waals surface area contributed by atoms with Crippen molar-refractivity contribution in [1.82, 2.24) is 0 Å². The van der Waals surface area contributed by atoms with Crippen molar-refractivity contribution in [3.8, 4) is 0 Å². The fourth-order valence-electron chi connectivity index (χ4n) is 0. The topological polar surface area (TPSA) is 0 Å². The van der Waals surface area contributed by atoms with E-state index in [9.17, 15) is 0 Å². The Morgan fingerprint density at radius 3 is 0.429 bits per heavy atom. The molecule has 0 rings (SSSR count). The van der Waals surface area contributed by atoms with Gasteiger partial charge in [-0.25, -0.2) is 0 Å². The van der Waals surface area contributed by atoms with Crippen molar-refractivity contribution in [3.63, 3.8) is 0 Å². The normalized spacial score (nSPS) is 0. The molecule has 58 valence electrons. The van der Waals surface area contributed by atoms with Gasteiger partial charge in [-0.15, -0.1) is 0 Å². The van der Waals surface area contributed by atoms with E-state index in [1.54, 1.807) is 0 Å². The minimum atomic E-state index is 0. The number of hydrogen-bond donors (Lipinski definition) is 0. The van der Waals surface area contributed by atoms with Gasteiger partial charge in [0, 0.05) is 5.71 Å². The van der Waals surface area contributed by atoms with Crippen LogP contribution >= 0.6 is 0 Å². The molecule has 0 aromatic heterocycles. The molecule has 0 spiro atoms. The van der Waals surface area contributed by atoms with Gasteiger partial charge < -0.3 is 0 Å². The standard InChI is InChI=1S/6CH4.Na.4H2.H/h6*1H4;;4*1H;. The SMILES string of the molecule is C.C.C.C.C.C.[HH].[HH].[HH].[HH].[NaH]. The molecule has 0 aliphatic carbocycles. The van der Waals surface area contributed by atoms with Crippen LogP contribution < -0.4 is 0 Å². The third-order valence-corrected chi connectivity index (χ3v) is 0. The van der Waals surface area contributed by atoms with E-state index >= 15 is 0 Å². The summed E-state index contributed by atoms with van der Waals surface area (Å²) < 4.78 is 0. The van der Waals surface area contributed by atoms with Gasteiger partial charge >= 0.3 is 29.6 Å². The monoisotopic (exact) mass is 128 g/mol. The van der Waals surface area contributed by atoms with Crippen LogP contribution in [0.5, 0.6) is 0 Å². The Hall–Kier alpha value is 1.00. The van der Waals surface area contributed by atoms with Crippen LogP contribution in [0.25, 0.3) is 0 Å². The van der Waals surface area contributed by atoms with Crippen molar-refractivity contribution in [2.75, 3.05) is 0 Å². The Morgan fingerprint density at radius 1 is 0.429 bits per heavy atom. The first-order valence-corrected chi connectivity index (χ1v) is 0. The molecular formula is C6H33Na. The molecule has 0 N–H and O–H groups in total. The van der Waals surface area contributed by atoms with E-state index in [1.807, 2.05) is 0 Å². The van der Waals surface area contributed by atoms with Crippen LogP contribution in [0.3, 0.4) is 0 Å². The summed E-state index contributed by atoms with van der Waals surface area (Å²) >= 11 is 0. The van der Waals surface area contributed by atoms with Crippen molar-refractivity contribution >= 4 is 29.6 Å². The molecule has 1 heteroatoms. The summed E-state index contributed by atoms with van der Waals surface area (Å²) in [4.78, 5) is 0. The Morgan fingerprint density at radius 2 is 0.429 bits per heavy atom. The first kappa shape index (κ1) is 392. The third kappa shape index (κ3) is 175. The number of rotatable bonds is 0. The van der Waals surface area contributed by atoms with Crippen LogP contribution in [0.15, 0.2) is 0 Å². The van der Waals surface area contributed by atoms with Crippen LogP contribution in [-0.2, 0) is 0 Å². The Balaban J connectivity index is 0. The summed E-state index contributed by atoms with van der Waals surface area (Å²) in [7, 11) is 0. The maximum atomic E-state index is 0. The van der Waals surface area contributed by atoms with Crippen molar-refractivity contribution in [2.45, 2.75) is 44.6 Å². The summed E-state index contributed by atoms with van der Waals surface area (Å²) in [5.41, 5.74) is 0. The molecule has 0 bridgehead atoms. The van der Waals surface area contributed by atoms with Crippen LogP contribution in [0.1, 0.15) is 50.3 Å². The fourth-order valence-corrected chi connectivity index (χ4v) is 0. The van der Waals surface area contributed by atoms with Crippen molar-refractivity contribution in [2.24, 2.45) is 0 Å². The molecule has 0 aromatic carbocycles. The zero-order chi connectivity index (χ0) is 0. The minimum absolute atomic E-state index is 0. The van der Waals surface area contributed by atoms with Crippen molar-refractivity contribution in [3.05, 3.63) is 0 Å². The van der Waals surface area contributed by atoms with E-state index < -0.39 is 0 Å². The molecule has 0 fully saturated rings. The second-order valence-corrected chi connectivity index (χ2v) is 0. The Labute approximate surface area is 79.9 Å². The van der Waals surface area contributed by atoms with Crippen LogP contribution in [-0.4, -0.2) is 29.6 Å². The first-order valence-electron chi connectivity index (χ1n) is 0. The molecular weight excluding hydrogens is 95.1 g/mol. The molecule has 0 aromatic rings. The molecule has 0 nitrogen and oxygen atoms in total. The van der Waals surface area contributed by atoms with E-state index in [1.165, 1.54) is 0 Å². The third-order valence-electron chi connectivity index (χ3n) is 0. The molecule has 0 heterocycles.